The molecule has 1 heterocycles. The van der Waals surface area contributed by atoms with Gasteiger partial charge >= 0.3 is 6.03 Å². The van der Waals surface area contributed by atoms with Crippen molar-refractivity contribution in [1.82, 2.24) is 14.7 Å². The van der Waals surface area contributed by atoms with Gasteiger partial charge in [-0.2, -0.15) is 5.10 Å². The fraction of sp³-hybridized carbons (Fsp3) is 0.333. The molecule has 0 fully saturated rings. The molecule has 1 aromatic heterocycles. The first-order chi connectivity index (χ1) is 11.0. The third-order valence-corrected chi connectivity index (χ3v) is 3.02. The minimum absolute atomic E-state index is 0.298. The van der Waals surface area contributed by atoms with Gasteiger partial charge in [-0.25, -0.2) is 9.18 Å². The van der Waals surface area contributed by atoms with Crippen molar-refractivity contribution < 1.29 is 13.9 Å². The first kappa shape index (κ1) is 16.8. The molecule has 2 aromatic rings. The first-order valence-electron chi connectivity index (χ1n) is 7.07. The molecule has 0 aliphatic heterocycles. The topological polar surface area (TPSA) is 71.4 Å². The third-order valence-electron chi connectivity index (χ3n) is 3.02. The number of likely N-dealkylation sites (N-methyl/N-ethyl adjacent to an activating group) is 1. The number of nitrogens with one attached hydrogen (secondary N) is 2. The van der Waals surface area contributed by atoms with E-state index in [4.69, 9.17) is 4.74 Å². The summed E-state index contributed by atoms with van der Waals surface area (Å²) in [6.45, 7) is 1.56. The summed E-state index contributed by atoms with van der Waals surface area (Å²) in [6, 6.07) is 5.16. The van der Waals surface area contributed by atoms with Crippen molar-refractivity contribution in [3.63, 3.8) is 0 Å². The first-order valence-corrected chi connectivity index (χ1v) is 7.07. The van der Waals surface area contributed by atoms with Crippen LogP contribution in [0.1, 0.15) is 0 Å². The second kappa shape index (κ2) is 7.59. The number of methoxy groups -OCH3 is 1. The summed E-state index contributed by atoms with van der Waals surface area (Å²) in [5.74, 6) is 0.255. The number of halogens is 1. The van der Waals surface area contributed by atoms with Gasteiger partial charge in [0.1, 0.15) is 11.6 Å². The molecule has 0 saturated heterocycles. The largest absolute Gasteiger partial charge is 0.497 e. The zero-order valence-corrected chi connectivity index (χ0v) is 13.3. The molecule has 124 valence electrons. The SMILES string of the molecule is COc1cc(F)cc(NC(=O)Nc2ccn(CCN(C)C)n2)c1. The Balaban J connectivity index is 1.93. The van der Waals surface area contributed by atoms with E-state index < -0.39 is 11.8 Å². The van der Waals surface area contributed by atoms with Crippen molar-refractivity contribution in [3.05, 3.63) is 36.3 Å². The lowest BCUT2D eigenvalue weighted by atomic mass is 10.3. The van der Waals surface area contributed by atoms with Crippen molar-refractivity contribution >= 4 is 17.5 Å². The molecule has 0 aliphatic rings. The van der Waals surface area contributed by atoms with Crippen LogP contribution in [0.5, 0.6) is 5.75 Å². The van der Waals surface area contributed by atoms with E-state index in [9.17, 15) is 9.18 Å². The number of amides is 2. The summed E-state index contributed by atoms with van der Waals surface area (Å²) in [5.41, 5.74) is 0.298. The Hall–Kier alpha value is -2.61. The van der Waals surface area contributed by atoms with E-state index in [0.29, 0.717) is 17.3 Å². The van der Waals surface area contributed by atoms with Gasteiger partial charge in [0, 0.05) is 36.6 Å². The van der Waals surface area contributed by atoms with Crippen molar-refractivity contribution in [1.29, 1.82) is 0 Å². The molecule has 8 heteroatoms. The van der Waals surface area contributed by atoms with Crippen LogP contribution in [0, 0.1) is 5.82 Å². The number of rotatable bonds is 6. The summed E-state index contributed by atoms with van der Waals surface area (Å²) in [6.07, 6.45) is 1.78. The van der Waals surface area contributed by atoms with Crippen LogP contribution < -0.4 is 15.4 Å². The smallest absolute Gasteiger partial charge is 0.324 e. The molecule has 0 aliphatic carbocycles. The average molecular weight is 321 g/mol. The normalized spacial score (nSPS) is 10.7. The molecule has 0 spiro atoms. The number of benzene rings is 1. The van der Waals surface area contributed by atoms with Crippen LogP contribution in [0.2, 0.25) is 0 Å². The lowest BCUT2D eigenvalue weighted by Gasteiger charge is -2.09. The van der Waals surface area contributed by atoms with E-state index in [1.54, 1.807) is 16.9 Å². The molecule has 0 unspecified atom stereocenters. The van der Waals surface area contributed by atoms with Gasteiger partial charge in [-0.1, -0.05) is 0 Å². The van der Waals surface area contributed by atoms with Gasteiger partial charge in [0.25, 0.3) is 0 Å². The molecule has 23 heavy (non-hydrogen) atoms. The van der Waals surface area contributed by atoms with Gasteiger partial charge < -0.3 is 15.0 Å². The molecule has 2 amide bonds. The highest BCUT2D eigenvalue weighted by Crippen LogP contribution is 2.19. The van der Waals surface area contributed by atoms with E-state index >= 15 is 0 Å². The summed E-state index contributed by atoms with van der Waals surface area (Å²) in [5, 5.41) is 9.37. The fourth-order valence-corrected chi connectivity index (χ4v) is 1.89. The van der Waals surface area contributed by atoms with Crippen LogP contribution in [0.3, 0.4) is 0 Å². The Bertz CT molecular complexity index is 672. The van der Waals surface area contributed by atoms with Gasteiger partial charge in [0.05, 0.1) is 13.7 Å². The number of carbonyl (C=O) groups is 1. The number of ether oxygens (including phenoxy) is 1. The summed E-state index contributed by atoms with van der Waals surface area (Å²) < 4.78 is 20.1. The van der Waals surface area contributed by atoms with Gasteiger partial charge in [0.15, 0.2) is 5.82 Å². The highest BCUT2D eigenvalue weighted by atomic mass is 19.1. The summed E-state index contributed by atoms with van der Waals surface area (Å²) in [4.78, 5) is 14.0. The predicted molar refractivity (Wildman–Crippen MR) is 86.4 cm³/mol. The number of carbonyl (C=O) groups excluding carboxylic acids is 1. The minimum Gasteiger partial charge on any atom is -0.497 e. The third kappa shape index (κ3) is 5.26. The van der Waals surface area contributed by atoms with E-state index in [1.807, 2.05) is 19.0 Å². The van der Waals surface area contributed by atoms with E-state index in [0.717, 1.165) is 13.1 Å². The van der Waals surface area contributed by atoms with Gasteiger partial charge in [-0.3, -0.25) is 10.00 Å². The highest BCUT2D eigenvalue weighted by molar-refractivity contribution is 5.99. The second-order valence-electron chi connectivity index (χ2n) is 5.23. The van der Waals surface area contributed by atoms with Crippen LogP contribution in [-0.4, -0.2) is 48.5 Å². The van der Waals surface area contributed by atoms with Crippen molar-refractivity contribution in [2.45, 2.75) is 6.54 Å². The summed E-state index contributed by atoms with van der Waals surface area (Å²) in [7, 11) is 5.38. The fourth-order valence-electron chi connectivity index (χ4n) is 1.89. The Morgan fingerprint density at radius 1 is 1.35 bits per heavy atom. The molecule has 0 atom stereocenters. The molecule has 0 bridgehead atoms. The maximum absolute atomic E-state index is 13.4. The summed E-state index contributed by atoms with van der Waals surface area (Å²) >= 11 is 0. The number of urea groups is 1. The average Bonchev–Trinajstić information content (AvgIpc) is 2.91. The molecule has 0 saturated carbocycles. The number of anilines is 2. The van der Waals surface area contributed by atoms with Crippen LogP contribution >= 0.6 is 0 Å². The Kier molecular flexibility index (Phi) is 5.53. The Morgan fingerprint density at radius 2 is 2.13 bits per heavy atom. The quantitative estimate of drug-likeness (QED) is 0.856. The molecule has 1 aromatic carbocycles. The van der Waals surface area contributed by atoms with Crippen LogP contribution in [-0.2, 0) is 6.54 Å². The van der Waals surface area contributed by atoms with E-state index in [-0.39, 0.29) is 0 Å². The lowest BCUT2D eigenvalue weighted by Crippen LogP contribution is -2.21. The predicted octanol–water partition coefficient (Wildman–Crippen LogP) is 2.24. The number of nitrogens with zero attached hydrogens (tertiary/aromatic N) is 3. The molecule has 2 N–H and O–H groups in total. The van der Waals surface area contributed by atoms with E-state index in [2.05, 4.69) is 15.7 Å². The minimum atomic E-state index is -0.504. The molecular formula is C15H20FN5O2. The second-order valence-corrected chi connectivity index (χ2v) is 5.23. The molecule has 2 rings (SSSR count). The number of hydrogen-bond donors (Lipinski definition) is 2. The van der Waals surface area contributed by atoms with Crippen LogP contribution in [0.15, 0.2) is 30.5 Å². The number of hydrogen-bond acceptors (Lipinski definition) is 4. The van der Waals surface area contributed by atoms with Crippen molar-refractivity contribution in [2.24, 2.45) is 0 Å². The maximum atomic E-state index is 13.4. The molecule has 0 radical (unpaired) electrons. The highest BCUT2D eigenvalue weighted by Gasteiger charge is 2.08. The monoisotopic (exact) mass is 321 g/mol. The zero-order valence-electron chi connectivity index (χ0n) is 13.3. The van der Waals surface area contributed by atoms with Gasteiger partial charge in [0.2, 0.25) is 0 Å². The lowest BCUT2D eigenvalue weighted by molar-refractivity contribution is 0.262. The van der Waals surface area contributed by atoms with Crippen molar-refractivity contribution in [2.75, 3.05) is 38.4 Å². The van der Waals surface area contributed by atoms with Crippen LogP contribution in [0.4, 0.5) is 20.7 Å². The number of aromatic nitrogens is 2. The Labute approximate surface area is 134 Å². The molecular weight excluding hydrogens is 301 g/mol. The zero-order chi connectivity index (χ0) is 16.8. The van der Waals surface area contributed by atoms with Crippen molar-refractivity contribution in [3.8, 4) is 5.75 Å². The van der Waals surface area contributed by atoms with Gasteiger partial charge in [-0.05, 0) is 20.2 Å². The Morgan fingerprint density at radius 3 is 2.83 bits per heavy atom. The van der Waals surface area contributed by atoms with Gasteiger partial charge in [-0.15, -0.1) is 0 Å². The maximum Gasteiger partial charge on any atom is 0.324 e. The molecule has 7 nitrogen and oxygen atoms in total. The van der Waals surface area contributed by atoms with Crippen LogP contribution in [0.25, 0.3) is 0 Å². The van der Waals surface area contributed by atoms with E-state index in [1.165, 1.54) is 25.3 Å². The standard InChI is InChI=1S/C15H20FN5O2/c1-20(2)6-7-21-5-4-14(19-21)18-15(22)17-12-8-11(16)9-13(10-12)23-3/h4-5,8-10H,6-7H2,1-3H3,(H2,17,18,19,22).